The van der Waals surface area contributed by atoms with Crippen LogP contribution in [-0.4, -0.2) is 41.1 Å². The fourth-order valence-electron chi connectivity index (χ4n) is 2.47. The van der Waals surface area contributed by atoms with Crippen molar-refractivity contribution in [3.05, 3.63) is 23.4 Å². The minimum Gasteiger partial charge on any atom is -0.309 e. The number of nitrogens with zero attached hydrogens (tertiary/aromatic N) is 2. The highest BCUT2D eigenvalue weighted by Crippen LogP contribution is 2.33. The molecule has 1 aromatic rings. The molecule has 1 saturated heterocycles. The first-order valence-corrected chi connectivity index (χ1v) is 7.38. The van der Waals surface area contributed by atoms with Gasteiger partial charge in [-0.25, -0.2) is 4.98 Å². The van der Waals surface area contributed by atoms with Crippen molar-refractivity contribution in [2.45, 2.75) is 32.0 Å². The lowest BCUT2D eigenvalue weighted by Gasteiger charge is -2.36. The van der Waals surface area contributed by atoms with Gasteiger partial charge < -0.3 is 5.32 Å². The van der Waals surface area contributed by atoms with E-state index in [1.165, 1.54) is 6.20 Å². The molecule has 8 heteroatoms. The van der Waals surface area contributed by atoms with Crippen molar-refractivity contribution in [3.63, 3.8) is 0 Å². The van der Waals surface area contributed by atoms with Crippen LogP contribution >= 0.6 is 11.6 Å². The zero-order valence-corrected chi connectivity index (χ0v) is 12.8. The van der Waals surface area contributed by atoms with Crippen LogP contribution in [0.2, 0.25) is 5.02 Å². The molecule has 1 fully saturated rings. The third kappa shape index (κ3) is 4.33. The number of alkyl halides is 3. The van der Waals surface area contributed by atoms with E-state index in [4.69, 9.17) is 11.6 Å². The average Bonchev–Trinajstić information content (AvgIpc) is 2.48. The summed E-state index contributed by atoms with van der Waals surface area (Å²) in [5.41, 5.74) is 0. The Kier molecular flexibility index (Phi) is 5.28. The Bertz CT molecular complexity index is 521. The van der Waals surface area contributed by atoms with Gasteiger partial charge in [0.05, 0.1) is 17.0 Å². The fraction of sp³-hybridized carbons (Fsp3) is 0.571. The summed E-state index contributed by atoms with van der Waals surface area (Å²) in [5, 5.41) is 3.03. The van der Waals surface area contributed by atoms with Crippen LogP contribution in [0.5, 0.6) is 0 Å². The molecule has 2 atom stereocenters. The molecule has 0 unspecified atom stereocenters. The normalized spacial score (nSPS) is 21.4. The topological polar surface area (TPSA) is 45.2 Å². The second-order valence-corrected chi connectivity index (χ2v) is 5.84. The summed E-state index contributed by atoms with van der Waals surface area (Å²) >= 11 is 5.70. The number of amides is 1. The van der Waals surface area contributed by atoms with Crippen molar-refractivity contribution in [2.75, 3.05) is 18.4 Å². The molecule has 1 aliphatic rings. The molecule has 1 amide bonds. The monoisotopic (exact) mass is 335 g/mol. The number of likely N-dealkylation sites (tertiary alicyclic amines) is 1. The molecular formula is C14H17ClF3N3O. The van der Waals surface area contributed by atoms with Gasteiger partial charge >= 0.3 is 6.18 Å². The standard InChI is InChI=1S/C14H17ClF3N3O/c1-9(13(22)20-12-5-4-11(15)7-19-12)21-6-2-3-10(8-21)14(16,17)18/h4-5,7,9-10H,2-3,6,8H2,1H3,(H,19,20,22)/t9-,10+/m1/s1. The first-order chi connectivity index (χ1) is 10.3. The number of nitrogens with one attached hydrogen (secondary N) is 1. The molecule has 4 nitrogen and oxygen atoms in total. The van der Waals surface area contributed by atoms with E-state index in [1.54, 1.807) is 24.0 Å². The molecule has 22 heavy (non-hydrogen) atoms. The maximum atomic E-state index is 12.8. The predicted molar refractivity (Wildman–Crippen MR) is 77.7 cm³/mol. The molecule has 0 spiro atoms. The Hall–Kier alpha value is -1.34. The number of aromatic nitrogens is 1. The van der Waals surface area contributed by atoms with Gasteiger partial charge in [-0.2, -0.15) is 13.2 Å². The molecule has 0 saturated carbocycles. The van der Waals surface area contributed by atoms with E-state index in [9.17, 15) is 18.0 Å². The number of rotatable bonds is 3. The molecule has 2 rings (SSSR count). The zero-order valence-electron chi connectivity index (χ0n) is 12.0. The summed E-state index contributed by atoms with van der Waals surface area (Å²) in [4.78, 5) is 17.6. The number of piperidine rings is 1. The van der Waals surface area contributed by atoms with Crippen LogP contribution in [0.3, 0.4) is 0 Å². The van der Waals surface area contributed by atoms with Crippen LogP contribution in [-0.2, 0) is 4.79 Å². The van der Waals surface area contributed by atoms with E-state index in [-0.39, 0.29) is 18.9 Å². The van der Waals surface area contributed by atoms with Gasteiger partial charge in [0.25, 0.3) is 0 Å². The van der Waals surface area contributed by atoms with Gasteiger partial charge in [-0.05, 0) is 38.4 Å². The van der Waals surface area contributed by atoms with Crippen LogP contribution < -0.4 is 5.32 Å². The lowest BCUT2D eigenvalue weighted by atomic mass is 9.96. The van der Waals surface area contributed by atoms with Gasteiger partial charge in [-0.15, -0.1) is 0 Å². The molecule has 122 valence electrons. The number of anilines is 1. The highest BCUT2D eigenvalue weighted by atomic mass is 35.5. The maximum Gasteiger partial charge on any atom is 0.393 e. The maximum absolute atomic E-state index is 12.8. The number of hydrogen-bond acceptors (Lipinski definition) is 3. The Morgan fingerprint density at radius 3 is 2.82 bits per heavy atom. The molecule has 2 heterocycles. The summed E-state index contributed by atoms with van der Waals surface area (Å²) in [7, 11) is 0. The molecule has 1 N–H and O–H groups in total. The van der Waals surface area contributed by atoms with Crippen molar-refractivity contribution in [3.8, 4) is 0 Å². The Morgan fingerprint density at radius 1 is 1.50 bits per heavy atom. The van der Waals surface area contributed by atoms with Crippen molar-refractivity contribution in [2.24, 2.45) is 5.92 Å². The zero-order chi connectivity index (χ0) is 16.3. The lowest BCUT2D eigenvalue weighted by Crippen LogP contribution is -2.49. The predicted octanol–water partition coefficient (Wildman–Crippen LogP) is 3.34. The van der Waals surface area contributed by atoms with Crippen molar-refractivity contribution >= 4 is 23.3 Å². The first-order valence-electron chi connectivity index (χ1n) is 7.00. The Labute approximate surface area is 131 Å². The van der Waals surface area contributed by atoms with Crippen LogP contribution in [0.15, 0.2) is 18.3 Å². The lowest BCUT2D eigenvalue weighted by molar-refractivity contribution is -0.188. The molecule has 0 radical (unpaired) electrons. The number of halogens is 4. The van der Waals surface area contributed by atoms with Gasteiger partial charge in [0, 0.05) is 12.7 Å². The second-order valence-electron chi connectivity index (χ2n) is 5.40. The van der Waals surface area contributed by atoms with E-state index in [0.717, 1.165) is 0 Å². The third-order valence-electron chi connectivity index (χ3n) is 3.82. The molecule has 0 aromatic carbocycles. The summed E-state index contributed by atoms with van der Waals surface area (Å²) in [6.07, 6.45) is -2.27. The smallest absolute Gasteiger partial charge is 0.309 e. The van der Waals surface area contributed by atoms with Crippen LogP contribution in [0.25, 0.3) is 0 Å². The van der Waals surface area contributed by atoms with E-state index < -0.39 is 18.1 Å². The van der Waals surface area contributed by atoms with Gasteiger partial charge in [0.15, 0.2) is 0 Å². The van der Waals surface area contributed by atoms with E-state index in [0.29, 0.717) is 23.8 Å². The van der Waals surface area contributed by atoms with Crippen molar-refractivity contribution in [1.29, 1.82) is 0 Å². The number of hydrogen-bond donors (Lipinski definition) is 1. The van der Waals surface area contributed by atoms with E-state index in [2.05, 4.69) is 10.3 Å². The van der Waals surface area contributed by atoms with Gasteiger partial charge in [-0.3, -0.25) is 9.69 Å². The largest absolute Gasteiger partial charge is 0.393 e. The van der Waals surface area contributed by atoms with E-state index >= 15 is 0 Å². The summed E-state index contributed by atoms with van der Waals surface area (Å²) in [5.74, 6) is -1.42. The van der Waals surface area contributed by atoms with Crippen molar-refractivity contribution < 1.29 is 18.0 Å². The minimum atomic E-state index is -4.22. The second kappa shape index (κ2) is 6.83. The molecular weight excluding hydrogens is 319 g/mol. The van der Waals surface area contributed by atoms with Gasteiger partial charge in [0.1, 0.15) is 5.82 Å². The summed E-state index contributed by atoms with van der Waals surface area (Å²) in [6, 6.07) is 2.47. The van der Waals surface area contributed by atoms with Crippen molar-refractivity contribution in [1.82, 2.24) is 9.88 Å². The highest BCUT2D eigenvalue weighted by molar-refractivity contribution is 6.30. The summed E-state index contributed by atoms with van der Waals surface area (Å²) in [6.45, 7) is 1.94. The molecule has 1 aromatic heterocycles. The Balaban J connectivity index is 1.96. The third-order valence-corrected chi connectivity index (χ3v) is 4.05. The SMILES string of the molecule is C[C@H](C(=O)Nc1ccc(Cl)cn1)N1CCC[C@H](C(F)(F)F)C1. The van der Waals surface area contributed by atoms with Crippen LogP contribution in [0, 0.1) is 5.92 Å². The number of pyridine rings is 1. The number of carbonyl (C=O) groups is 1. The first kappa shape index (κ1) is 17.0. The molecule has 0 bridgehead atoms. The quantitative estimate of drug-likeness (QED) is 0.921. The number of carbonyl (C=O) groups excluding carboxylic acids is 1. The minimum absolute atomic E-state index is 0.118. The molecule has 0 aliphatic carbocycles. The van der Waals surface area contributed by atoms with Crippen LogP contribution in [0.1, 0.15) is 19.8 Å². The van der Waals surface area contributed by atoms with Gasteiger partial charge in [-0.1, -0.05) is 11.6 Å². The summed E-state index contributed by atoms with van der Waals surface area (Å²) < 4.78 is 38.4. The van der Waals surface area contributed by atoms with Crippen LogP contribution in [0.4, 0.5) is 19.0 Å². The highest BCUT2D eigenvalue weighted by Gasteiger charge is 2.43. The van der Waals surface area contributed by atoms with Gasteiger partial charge in [0.2, 0.25) is 5.91 Å². The average molecular weight is 336 g/mol. The Morgan fingerprint density at radius 2 is 2.23 bits per heavy atom. The fourth-order valence-corrected chi connectivity index (χ4v) is 2.58. The van der Waals surface area contributed by atoms with E-state index in [1.807, 2.05) is 0 Å². The molecule has 1 aliphatic heterocycles.